The van der Waals surface area contributed by atoms with Gasteiger partial charge in [0.15, 0.2) is 5.76 Å². The lowest BCUT2D eigenvalue weighted by Gasteiger charge is -2.14. The van der Waals surface area contributed by atoms with Gasteiger partial charge in [0, 0.05) is 12.5 Å². The van der Waals surface area contributed by atoms with E-state index in [2.05, 4.69) is 6.07 Å². The number of aliphatic hydroxyl groups is 1. The van der Waals surface area contributed by atoms with Gasteiger partial charge in [-0.2, -0.15) is 0 Å². The maximum Gasteiger partial charge on any atom is 0.168 e. The van der Waals surface area contributed by atoms with Gasteiger partial charge in [-0.25, -0.2) is 0 Å². The zero-order valence-electron chi connectivity index (χ0n) is 11.6. The maximum absolute atomic E-state index is 9.04. The minimum Gasteiger partial charge on any atom is -0.497 e. The lowest BCUT2D eigenvalue weighted by Crippen LogP contribution is -2.02. The third-order valence-corrected chi connectivity index (χ3v) is 3.50. The van der Waals surface area contributed by atoms with Crippen LogP contribution in [0.5, 0.6) is 5.75 Å². The first-order valence-electron chi connectivity index (χ1n) is 6.38. The average molecular weight is 264 g/mol. The predicted molar refractivity (Wildman–Crippen MR) is 73.0 cm³/mol. The van der Waals surface area contributed by atoms with Crippen LogP contribution < -0.4 is 4.74 Å². The summed E-state index contributed by atoms with van der Waals surface area (Å²) in [5.74, 6) is 2.46. The van der Waals surface area contributed by atoms with E-state index < -0.39 is 0 Å². The molecule has 0 heterocycles. The number of benzene rings is 1. The third-order valence-electron chi connectivity index (χ3n) is 3.50. The molecule has 0 saturated heterocycles. The van der Waals surface area contributed by atoms with E-state index in [1.807, 2.05) is 12.1 Å². The minimum atomic E-state index is 0.122. The summed E-state index contributed by atoms with van der Waals surface area (Å²) in [6.45, 7) is 0.176. The first-order valence-corrected chi connectivity index (χ1v) is 6.38. The summed E-state index contributed by atoms with van der Waals surface area (Å²) in [5.41, 5.74) is 2.11. The molecule has 1 unspecified atom stereocenters. The number of hydrogen-bond acceptors (Lipinski definition) is 4. The van der Waals surface area contributed by atoms with Crippen molar-refractivity contribution in [2.75, 3.05) is 27.9 Å². The summed E-state index contributed by atoms with van der Waals surface area (Å²) in [6, 6.07) is 5.94. The molecule has 4 heteroatoms. The van der Waals surface area contributed by atoms with E-state index in [9.17, 15) is 0 Å². The predicted octanol–water partition coefficient (Wildman–Crippen LogP) is 2.53. The maximum atomic E-state index is 9.04. The Morgan fingerprint density at radius 3 is 2.47 bits per heavy atom. The summed E-state index contributed by atoms with van der Waals surface area (Å²) in [6.07, 6.45) is 1.55. The van der Waals surface area contributed by atoms with Gasteiger partial charge in [0.05, 0.1) is 26.9 Å². The molecule has 1 atom stereocenters. The van der Waals surface area contributed by atoms with E-state index in [1.54, 1.807) is 21.3 Å². The molecule has 0 spiro atoms. The lowest BCUT2D eigenvalue weighted by atomic mass is 9.95. The molecule has 1 N–H and O–H groups in total. The van der Waals surface area contributed by atoms with Gasteiger partial charge in [0.25, 0.3) is 0 Å². The molecule has 4 nitrogen and oxygen atoms in total. The Labute approximate surface area is 113 Å². The van der Waals surface area contributed by atoms with Gasteiger partial charge >= 0.3 is 0 Å². The molecule has 0 aromatic heterocycles. The molecule has 0 bridgehead atoms. The van der Waals surface area contributed by atoms with Crippen LogP contribution in [0.25, 0.3) is 5.76 Å². The fourth-order valence-corrected chi connectivity index (χ4v) is 2.69. The van der Waals surface area contributed by atoms with Crippen LogP contribution in [0.3, 0.4) is 0 Å². The molecule has 1 aliphatic carbocycles. The third kappa shape index (κ3) is 2.28. The van der Waals surface area contributed by atoms with E-state index >= 15 is 0 Å². The number of ether oxygens (including phenoxy) is 3. The smallest absolute Gasteiger partial charge is 0.168 e. The summed E-state index contributed by atoms with van der Waals surface area (Å²) >= 11 is 0. The van der Waals surface area contributed by atoms with Crippen molar-refractivity contribution < 1.29 is 19.3 Å². The van der Waals surface area contributed by atoms with Crippen molar-refractivity contribution >= 4 is 5.76 Å². The Morgan fingerprint density at radius 2 is 1.89 bits per heavy atom. The van der Waals surface area contributed by atoms with Gasteiger partial charge in [0.2, 0.25) is 0 Å². The van der Waals surface area contributed by atoms with Gasteiger partial charge < -0.3 is 19.3 Å². The molecule has 1 aromatic rings. The zero-order valence-corrected chi connectivity index (χ0v) is 11.6. The van der Waals surface area contributed by atoms with Crippen LogP contribution >= 0.6 is 0 Å². The van der Waals surface area contributed by atoms with Gasteiger partial charge in [0.1, 0.15) is 11.5 Å². The van der Waals surface area contributed by atoms with Gasteiger partial charge in [-0.3, -0.25) is 0 Å². The highest BCUT2D eigenvalue weighted by molar-refractivity contribution is 5.77. The molecular formula is C15H20O4. The molecule has 0 saturated carbocycles. The molecule has 0 amide bonds. The van der Waals surface area contributed by atoms with Crippen molar-refractivity contribution in [3.8, 4) is 5.75 Å². The second kappa shape index (κ2) is 5.97. The molecule has 1 aliphatic rings. The topological polar surface area (TPSA) is 47.9 Å². The van der Waals surface area contributed by atoms with E-state index in [0.29, 0.717) is 0 Å². The van der Waals surface area contributed by atoms with Crippen molar-refractivity contribution in [2.45, 2.75) is 18.8 Å². The molecule has 104 valence electrons. The summed E-state index contributed by atoms with van der Waals surface area (Å²) in [7, 11) is 4.94. The Hall–Kier alpha value is -1.68. The van der Waals surface area contributed by atoms with Crippen LogP contribution in [0, 0.1) is 0 Å². The van der Waals surface area contributed by atoms with Crippen LogP contribution in [0.15, 0.2) is 24.0 Å². The summed E-state index contributed by atoms with van der Waals surface area (Å²) < 4.78 is 16.4. The van der Waals surface area contributed by atoms with E-state index in [1.165, 1.54) is 0 Å². The zero-order chi connectivity index (χ0) is 13.8. The van der Waals surface area contributed by atoms with Crippen molar-refractivity contribution in [3.05, 3.63) is 35.1 Å². The number of rotatable bonds is 6. The van der Waals surface area contributed by atoms with Crippen LogP contribution in [-0.2, 0) is 9.47 Å². The SMILES string of the molecule is COC1=C(OC)C(CCCO)c2cccc(OC)c21. The van der Waals surface area contributed by atoms with Gasteiger partial charge in [-0.05, 0) is 24.5 Å². The quantitative estimate of drug-likeness (QED) is 0.857. The monoisotopic (exact) mass is 264 g/mol. The highest BCUT2D eigenvalue weighted by Gasteiger charge is 2.35. The fraction of sp³-hybridized carbons (Fsp3) is 0.467. The van der Waals surface area contributed by atoms with Crippen LogP contribution in [0.2, 0.25) is 0 Å². The average Bonchev–Trinajstić information content (AvgIpc) is 2.77. The van der Waals surface area contributed by atoms with E-state index in [-0.39, 0.29) is 12.5 Å². The van der Waals surface area contributed by atoms with E-state index in [4.69, 9.17) is 19.3 Å². The Kier molecular flexibility index (Phi) is 4.32. The molecular weight excluding hydrogens is 244 g/mol. The number of hydrogen-bond donors (Lipinski definition) is 1. The molecule has 0 aliphatic heterocycles. The second-order valence-electron chi connectivity index (χ2n) is 4.44. The van der Waals surface area contributed by atoms with Gasteiger partial charge in [-0.1, -0.05) is 12.1 Å². The van der Waals surface area contributed by atoms with E-state index in [0.717, 1.165) is 41.2 Å². The summed E-state index contributed by atoms with van der Waals surface area (Å²) in [5, 5.41) is 9.04. The second-order valence-corrected chi connectivity index (χ2v) is 4.44. The highest BCUT2D eigenvalue weighted by Crippen LogP contribution is 2.48. The molecule has 0 radical (unpaired) electrons. The van der Waals surface area contributed by atoms with Crippen molar-refractivity contribution in [1.29, 1.82) is 0 Å². The summed E-state index contributed by atoms with van der Waals surface area (Å²) in [4.78, 5) is 0. The fourth-order valence-electron chi connectivity index (χ4n) is 2.69. The van der Waals surface area contributed by atoms with Gasteiger partial charge in [-0.15, -0.1) is 0 Å². The number of fused-ring (bicyclic) bond motifs is 1. The lowest BCUT2D eigenvalue weighted by molar-refractivity contribution is 0.235. The van der Waals surface area contributed by atoms with Crippen LogP contribution in [-0.4, -0.2) is 33.0 Å². The van der Waals surface area contributed by atoms with Crippen LogP contribution in [0.4, 0.5) is 0 Å². The van der Waals surface area contributed by atoms with Crippen LogP contribution in [0.1, 0.15) is 29.9 Å². The number of methoxy groups -OCH3 is 3. The molecule has 0 fully saturated rings. The molecule has 2 rings (SSSR count). The Balaban J connectivity index is 2.51. The standard InChI is InChI=1S/C15H20O4/c1-17-12-8-4-6-10-11(7-5-9-16)14(18-2)15(19-3)13(10)12/h4,6,8,11,16H,5,7,9H2,1-3H3. The Bertz CT molecular complexity index is 479. The number of aliphatic hydroxyl groups excluding tert-OH is 1. The minimum absolute atomic E-state index is 0.122. The largest absolute Gasteiger partial charge is 0.497 e. The van der Waals surface area contributed by atoms with Crippen molar-refractivity contribution in [2.24, 2.45) is 0 Å². The number of allylic oxidation sites excluding steroid dienone is 1. The van der Waals surface area contributed by atoms with Crippen molar-refractivity contribution in [1.82, 2.24) is 0 Å². The first-order chi connectivity index (χ1) is 9.28. The normalized spacial score (nSPS) is 17.4. The Morgan fingerprint density at radius 1 is 1.11 bits per heavy atom. The first kappa shape index (κ1) is 13.7. The molecule has 19 heavy (non-hydrogen) atoms. The molecule has 1 aromatic carbocycles. The van der Waals surface area contributed by atoms with Crippen molar-refractivity contribution in [3.63, 3.8) is 0 Å². The highest BCUT2D eigenvalue weighted by atomic mass is 16.5.